The van der Waals surface area contributed by atoms with Crippen molar-refractivity contribution in [2.75, 3.05) is 10.2 Å². The van der Waals surface area contributed by atoms with Crippen molar-refractivity contribution in [1.82, 2.24) is 5.32 Å². The molecule has 2 N–H and O–H groups in total. The highest BCUT2D eigenvalue weighted by atomic mass is 32.1. The summed E-state index contributed by atoms with van der Waals surface area (Å²) in [5.41, 5.74) is 4.19. The number of carbonyl (C=O) groups excluding carboxylic acids is 2. The summed E-state index contributed by atoms with van der Waals surface area (Å²) < 4.78 is 0. The van der Waals surface area contributed by atoms with E-state index in [0.29, 0.717) is 11.4 Å². The summed E-state index contributed by atoms with van der Waals surface area (Å²) in [4.78, 5) is 31.0. The van der Waals surface area contributed by atoms with Crippen LogP contribution in [0.15, 0.2) is 83.9 Å². The van der Waals surface area contributed by atoms with Gasteiger partial charge in [-0.3, -0.25) is 19.5 Å². The fourth-order valence-corrected chi connectivity index (χ4v) is 3.44. The summed E-state index contributed by atoms with van der Waals surface area (Å²) in [6.07, 6.45) is 1.36. The van der Waals surface area contributed by atoms with Gasteiger partial charge in [-0.25, -0.2) is 0 Å². The van der Waals surface area contributed by atoms with Crippen LogP contribution in [0.1, 0.15) is 5.56 Å². The Kier molecular flexibility index (Phi) is 5.86. The maximum absolute atomic E-state index is 13.0. The number of nitrogens with zero attached hydrogens (tertiary/aromatic N) is 2. The molecule has 1 fully saturated rings. The molecule has 0 aliphatic carbocycles. The van der Waals surface area contributed by atoms with Crippen LogP contribution in [-0.2, 0) is 9.59 Å². The fourth-order valence-electron chi connectivity index (χ4n) is 3.14. The number of aliphatic imine (C=N–C) groups is 1. The molecular formula is C24H20N4O2S. The number of benzene rings is 3. The van der Waals surface area contributed by atoms with E-state index in [0.717, 1.165) is 16.9 Å². The topological polar surface area (TPSA) is 73.8 Å². The summed E-state index contributed by atoms with van der Waals surface area (Å²) >= 11 is 5.22. The average molecular weight is 429 g/mol. The highest BCUT2D eigenvalue weighted by Crippen LogP contribution is 2.23. The van der Waals surface area contributed by atoms with Crippen LogP contribution in [0.4, 0.5) is 22.7 Å². The first-order valence-electron chi connectivity index (χ1n) is 9.73. The van der Waals surface area contributed by atoms with Gasteiger partial charge in [0, 0.05) is 17.6 Å². The Balaban J connectivity index is 1.49. The minimum Gasteiger partial charge on any atom is -0.356 e. The molecule has 2 amide bonds. The molecule has 1 saturated heterocycles. The molecule has 0 spiro atoms. The molecule has 1 atom stereocenters. The predicted octanol–water partition coefficient (Wildman–Crippen LogP) is 4.51. The monoisotopic (exact) mass is 428 g/mol. The second-order valence-corrected chi connectivity index (χ2v) is 7.48. The number of nitrogens with one attached hydrogen (secondary N) is 2. The number of rotatable bonds is 5. The number of para-hydroxylation sites is 1. The van der Waals surface area contributed by atoms with Crippen molar-refractivity contribution < 1.29 is 9.59 Å². The number of anilines is 3. The van der Waals surface area contributed by atoms with E-state index in [1.54, 1.807) is 12.1 Å². The Morgan fingerprint density at radius 3 is 2.26 bits per heavy atom. The van der Waals surface area contributed by atoms with Crippen LogP contribution in [0.5, 0.6) is 0 Å². The lowest BCUT2D eigenvalue weighted by Gasteiger charge is -2.30. The highest BCUT2D eigenvalue weighted by molar-refractivity contribution is 7.80. The third-order valence-electron chi connectivity index (χ3n) is 4.80. The number of thiocarbonyl (C=S) groups is 1. The van der Waals surface area contributed by atoms with E-state index in [9.17, 15) is 9.59 Å². The van der Waals surface area contributed by atoms with Gasteiger partial charge in [0.2, 0.25) is 5.91 Å². The van der Waals surface area contributed by atoms with Crippen LogP contribution in [0.25, 0.3) is 0 Å². The van der Waals surface area contributed by atoms with Crippen molar-refractivity contribution in [3.8, 4) is 0 Å². The first-order valence-corrected chi connectivity index (χ1v) is 10.1. The molecular weight excluding hydrogens is 408 g/mol. The molecule has 4 rings (SSSR count). The van der Waals surface area contributed by atoms with Crippen molar-refractivity contribution in [3.05, 3.63) is 84.4 Å². The van der Waals surface area contributed by atoms with E-state index in [1.165, 1.54) is 11.1 Å². The molecule has 6 nitrogen and oxygen atoms in total. The van der Waals surface area contributed by atoms with Crippen molar-refractivity contribution in [3.63, 3.8) is 0 Å². The number of hydrogen-bond donors (Lipinski definition) is 2. The third kappa shape index (κ3) is 4.67. The Bertz CT molecular complexity index is 1140. The summed E-state index contributed by atoms with van der Waals surface area (Å²) in [6.45, 7) is 1.96. The fraction of sp³-hybridized carbons (Fsp3) is 0.0833. The number of amides is 2. The minimum absolute atomic E-state index is 0.0693. The zero-order valence-electron chi connectivity index (χ0n) is 16.8. The molecule has 31 heavy (non-hydrogen) atoms. The Labute approximate surface area is 185 Å². The smallest absolute Gasteiger partial charge is 0.251 e. The van der Waals surface area contributed by atoms with Crippen LogP contribution in [0.2, 0.25) is 0 Å². The third-order valence-corrected chi connectivity index (χ3v) is 5.08. The molecule has 3 aromatic rings. The second kappa shape index (κ2) is 8.89. The highest BCUT2D eigenvalue weighted by Gasteiger charge is 2.38. The zero-order valence-corrected chi connectivity index (χ0v) is 17.6. The van der Waals surface area contributed by atoms with Crippen molar-refractivity contribution >= 4 is 58.1 Å². The molecule has 3 aromatic carbocycles. The Hall–Kier alpha value is -3.84. The lowest BCUT2D eigenvalue weighted by Crippen LogP contribution is -2.58. The summed E-state index contributed by atoms with van der Waals surface area (Å²) in [5.74, 6) is -1.97. The largest absolute Gasteiger partial charge is 0.356 e. The van der Waals surface area contributed by atoms with E-state index in [2.05, 4.69) is 15.6 Å². The number of carbonyl (C=O) groups is 2. The van der Waals surface area contributed by atoms with Gasteiger partial charge in [-0.15, -0.1) is 0 Å². The lowest BCUT2D eigenvalue weighted by molar-refractivity contribution is -0.130. The molecule has 0 radical (unpaired) electrons. The van der Waals surface area contributed by atoms with Gasteiger partial charge in [-0.05, 0) is 67.7 Å². The second-order valence-electron chi connectivity index (χ2n) is 7.10. The molecule has 1 heterocycles. The lowest BCUT2D eigenvalue weighted by atomic mass is 10.1. The average Bonchev–Trinajstić information content (AvgIpc) is 2.76. The predicted molar refractivity (Wildman–Crippen MR) is 127 cm³/mol. The maximum Gasteiger partial charge on any atom is 0.251 e. The maximum atomic E-state index is 13.0. The van der Waals surface area contributed by atoms with E-state index >= 15 is 0 Å². The number of aryl methyl sites for hydroxylation is 1. The Morgan fingerprint density at radius 2 is 1.58 bits per heavy atom. The molecule has 7 heteroatoms. The van der Waals surface area contributed by atoms with Gasteiger partial charge in [0.1, 0.15) is 0 Å². The summed E-state index contributed by atoms with van der Waals surface area (Å²) in [6, 6.07) is 24.6. The number of hydrogen-bond acceptors (Lipinski definition) is 5. The van der Waals surface area contributed by atoms with Gasteiger partial charge in [-0.1, -0.05) is 35.9 Å². The van der Waals surface area contributed by atoms with Crippen molar-refractivity contribution in [2.24, 2.45) is 10.9 Å². The van der Waals surface area contributed by atoms with E-state index in [1.807, 2.05) is 73.7 Å². The normalized spacial score (nSPS) is 16.5. The van der Waals surface area contributed by atoms with Gasteiger partial charge in [0.05, 0.1) is 11.4 Å². The van der Waals surface area contributed by atoms with E-state index in [4.69, 9.17) is 12.2 Å². The van der Waals surface area contributed by atoms with Crippen LogP contribution in [-0.4, -0.2) is 23.1 Å². The molecule has 0 saturated carbocycles. The van der Waals surface area contributed by atoms with Gasteiger partial charge in [0.25, 0.3) is 5.91 Å². The molecule has 0 aromatic heterocycles. The van der Waals surface area contributed by atoms with Gasteiger partial charge >= 0.3 is 0 Å². The van der Waals surface area contributed by atoms with Gasteiger partial charge in [0.15, 0.2) is 11.0 Å². The minimum atomic E-state index is -1.06. The Morgan fingerprint density at radius 1 is 0.935 bits per heavy atom. The molecule has 154 valence electrons. The van der Waals surface area contributed by atoms with Crippen LogP contribution in [0.3, 0.4) is 0 Å². The SMILES string of the molecule is Cc1ccc(N2C(=O)[C@H](C=Nc3ccc(Nc4ccccc4)cc3)C(=O)NC2=S)cc1. The van der Waals surface area contributed by atoms with Crippen molar-refractivity contribution in [1.29, 1.82) is 0 Å². The molecule has 0 unspecified atom stereocenters. The van der Waals surface area contributed by atoms with Crippen LogP contribution < -0.4 is 15.5 Å². The van der Waals surface area contributed by atoms with E-state index in [-0.39, 0.29) is 5.11 Å². The van der Waals surface area contributed by atoms with Crippen molar-refractivity contribution in [2.45, 2.75) is 6.92 Å². The standard InChI is InChI=1S/C24H20N4O2S/c1-16-7-13-20(14-8-16)28-23(30)21(22(29)27-24(28)31)15-25-17-9-11-19(12-10-17)26-18-5-3-2-4-6-18/h2-15,21,26H,1H3,(H,27,29,31)/t21-/m1/s1. The van der Waals surface area contributed by atoms with E-state index < -0.39 is 17.7 Å². The molecule has 1 aliphatic heterocycles. The summed E-state index contributed by atoms with van der Waals surface area (Å²) in [7, 11) is 0. The van der Waals surface area contributed by atoms with Crippen LogP contribution in [0, 0.1) is 12.8 Å². The summed E-state index contributed by atoms with van der Waals surface area (Å²) in [5, 5.41) is 5.95. The van der Waals surface area contributed by atoms with Gasteiger partial charge < -0.3 is 10.6 Å². The quantitative estimate of drug-likeness (QED) is 0.356. The zero-order chi connectivity index (χ0) is 21.8. The molecule has 0 bridgehead atoms. The first-order chi connectivity index (χ1) is 15.0. The van der Waals surface area contributed by atoms with Crippen LogP contribution >= 0.6 is 12.2 Å². The first kappa shape index (κ1) is 20.4. The van der Waals surface area contributed by atoms with Gasteiger partial charge in [-0.2, -0.15) is 0 Å². The molecule has 1 aliphatic rings.